The van der Waals surface area contributed by atoms with E-state index in [1.807, 2.05) is 31.1 Å². The van der Waals surface area contributed by atoms with E-state index in [0.29, 0.717) is 106 Å². The van der Waals surface area contributed by atoms with E-state index in [2.05, 4.69) is 24.8 Å². The molecule has 0 radical (unpaired) electrons. The molecule has 0 spiro atoms. The van der Waals surface area contributed by atoms with Gasteiger partial charge in [0.25, 0.3) is 23.4 Å². The fourth-order valence-electron chi connectivity index (χ4n) is 14.2. The minimum absolute atomic E-state index is 0.111. The number of piperazine rings is 2. The fraction of sp³-hybridized carbons (Fsp3) is 0.269. The number of nitro groups is 1. The molecule has 1 N–H and O–H groups in total. The highest BCUT2D eigenvalue weighted by Crippen LogP contribution is 2.48. The first kappa shape index (κ1) is 72.8. The number of halogens is 3. The molecule has 2 fully saturated rings. The Morgan fingerprint density at radius 1 is 0.486 bits per heavy atom. The molecular weight excluding hydrogens is 1380 g/mol. The number of pyridine rings is 3. The van der Waals surface area contributed by atoms with E-state index in [4.69, 9.17) is 14.2 Å². The molecule has 8 heterocycles. The third-order valence-electron chi connectivity index (χ3n) is 19.8. The molecule has 10 aromatic rings. The Hall–Kier alpha value is -12.5. The maximum absolute atomic E-state index is 13.6. The molecule has 0 aliphatic carbocycles. The van der Waals surface area contributed by atoms with Gasteiger partial charge in [-0.05, 0) is 116 Å². The number of hydrogen-bond acceptors (Lipinski definition) is 17. The number of rotatable bonds is 13. The lowest BCUT2D eigenvalue weighted by Crippen LogP contribution is -2.51. The number of anilines is 3. The largest absolute Gasteiger partial charge is 0.505 e. The number of non-ortho nitro benzene ring substituents is 1. The van der Waals surface area contributed by atoms with Crippen LogP contribution in [0.4, 0.5) is 50.3 Å². The van der Waals surface area contributed by atoms with Crippen LogP contribution in [-0.2, 0) is 39.3 Å². The van der Waals surface area contributed by atoms with Gasteiger partial charge in [-0.25, -0.2) is 27.6 Å². The number of carbonyl (C=O) groups is 6. The molecule has 0 saturated carbocycles. The second-order valence-corrected chi connectivity index (χ2v) is 26.5. The second kappa shape index (κ2) is 30.7. The Bertz CT molecular complexity index is 5140. The van der Waals surface area contributed by atoms with Gasteiger partial charge >= 0.3 is 18.2 Å². The van der Waals surface area contributed by atoms with E-state index in [0.717, 1.165) is 53.8 Å². The maximum Gasteiger partial charge on any atom is 0.419 e. The lowest BCUT2D eigenvalue weighted by molar-refractivity contribution is -0.384. The van der Waals surface area contributed by atoms with Gasteiger partial charge in [-0.2, -0.15) is 0 Å². The normalized spacial score (nSPS) is 14.8. The zero-order valence-electron chi connectivity index (χ0n) is 59.7. The first-order valence-corrected chi connectivity index (χ1v) is 34.3. The van der Waals surface area contributed by atoms with Gasteiger partial charge in [-0.3, -0.25) is 54.1 Å². The summed E-state index contributed by atoms with van der Waals surface area (Å²) in [5.41, 5.74) is 7.84. The molecule has 0 bridgehead atoms. The number of aromatic nitrogens is 3. The average molecular weight is 1460 g/mol. The molecule has 8 amide bonds. The summed E-state index contributed by atoms with van der Waals surface area (Å²) in [7, 11) is 12.0. The van der Waals surface area contributed by atoms with Crippen LogP contribution in [0.3, 0.4) is 0 Å². The zero-order valence-corrected chi connectivity index (χ0v) is 59.7. The van der Waals surface area contributed by atoms with Gasteiger partial charge in [0.2, 0.25) is 0 Å². The molecule has 29 heteroatoms. The van der Waals surface area contributed by atoms with Crippen LogP contribution in [-0.4, -0.2) is 197 Å². The topological polar surface area (TPSA) is 265 Å². The highest BCUT2D eigenvalue weighted by Gasteiger charge is 2.42. The van der Waals surface area contributed by atoms with Crippen LogP contribution >= 0.6 is 0 Å². The molecule has 7 aromatic carbocycles. The number of amides is 8. The molecule has 15 rings (SSSR count). The molecule has 26 nitrogen and oxygen atoms in total. The summed E-state index contributed by atoms with van der Waals surface area (Å²) in [6, 6.07) is 33.6. The van der Waals surface area contributed by atoms with Crippen LogP contribution in [0.15, 0.2) is 152 Å². The SMILES string of the molecule is CN1CCN(C(=O)N(C)c2c3c(c(O)c4ncccc24)C(=O)N(Cc2ccc(F)cc2)C3)CC1.COc1c2c(c(N(C)C(=O)N3CCN(C)CC3)c3cccnc13)CN(Cc1ccc(F)cc1)C2=O.COc1c2c(c(N(C)C(=O)Oc3ccc([N+](=O)[O-])cc3)c3cccnc13)CN(Cc1ccc(F)cc1)C2=O. The van der Waals surface area contributed by atoms with Crippen molar-refractivity contribution in [3.63, 3.8) is 0 Å². The number of ether oxygens (including phenoxy) is 3. The van der Waals surface area contributed by atoms with E-state index >= 15 is 0 Å². The number of nitrogens with zero attached hydrogens (tertiary/aromatic N) is 14. The predicted octanol–water partition coefficient (Wildman–Crippen LogP) is 11.5. The monoisotopic (exact) mass is 1460 g/mol. The molecule has 0 unspecified atom stereocenters. The number of likely N-dealkylation sites (N-methyl/N-ethyl adjacent to an activating group) is 2. The number of urea groups is 2. The summed E-state index contributed by atoms with van der Waals surface area (Å²) < 4.78 is 56.9. The summed E-state index contributed by atoms with van der Waals surface area (Å²) in [5, 5.41) is 23.9. The molecule has 3 aromatic heterocycles. The van der Waals surface area contributed by atoms with Gasteiger partial charge in [0.15, 0.2) is 17.2 Å². The highest BCUT2D eigenvalue weighted by atomic mass is 19.1. The van der Waals surface area contributed by atoms with E-state index in [1.165, 1.54) is 86.8 Å². The van der Waals surface area contributed by atoms with Crippen LogP contribution < -0.4 is 28.9 Å². The Morgan fingerprint density at radius 3 is 1.19 bits per heavy atom. The third kappa shape index (κ3) is 14.5. The second-order valence-electron chi connectivity index (χ2n) is 26.5. The maximum atomic E-state index is 13.6. The van der Waals surface area contributed by atoms with Crippen molar-refractivity contribution in [1.82, 2.24) is 49.3 Å². The average Bonchev–Trinajstić information content (AvgIpc) is 1.64. The lowest BCUT2D eigenvalue weighted by Gasteiger charge is -2.35. The minimum atomic E-state index is -0.763. The number of carbonyl (C=O) groups excluding carboxylic acids is 6. The van der Waals surface area contributed by atoms with Crippen LogP contribution in [0.25, 0.3) is 32.7 Å². The number of methoxy groups -OCH3 is 2. The minimum Gasteiger partial charge on any atom is -0.505 e. The van der Waals surface area contributed by atoms with Crippen molar-refractivity contribution >= 4 is 91.3 Å². The molecule has 0 atom stereocenters. The van der Waals surface area contributed by atoms with Gasteiger partial charge in [-0.1, -0.05) is 36.4 Å². The Labute approximate surface area is 612 Å². The van der Waals surface area contributed by atoms with Crippen molar-refractivity contribution in [3.8, 4) is 23.0 Å². The summed E-state index contributed by atoms with van der Waals surface area (Å²) in [6.45, 7) is 7.21. The standard InChI is InChI=1S/C27H21FN4O6.C26H28FN5O3.C25H26FN5O3/c1-30(27(34)38-19-11-9-18(10-12-19)32(35)36)24-20-4-3-13-29-23(20)25(37-2)22-21(24)15-31(26(22)33)14-16-5-7-17(28)8-6-16;1-29-11-13-31(14-12-29)26(34)30(2)23-19-5-4-10-28-22(19)24(35-3)21-20(23)16-32(25(21)33)15-17-6-8-18(27)9-7-17;1-28-10-12-30(13-11-28)25(34)29(2)22-18-4-3-9-27-21(18)23(32)20-19(22)15-31(24(20)33)14-16-5-7-17(26)8-6-16/h3-13H,14-15H2,1-2H3;4-10H,11-16H2,1-3H3;3-9,32H,10-15H2,1-2H3. The van der Waals surface area contributed by atoms with Crippen LogP contribution in [0, 0.1) is 27.6 Å². The van der Waals surface area contributed by atoms with E-state index in [-0.39, 0.29) is 107 Å². The predicted molar refractivity (Wildman–Crippen MR) is 393 cm³/mol. The molecule has 107 heavy (non-hydrogen) atoms. The van der Waals surface area contributed by atoms with Gasteiger partial charge in [0.1, 0.15) is 39.8 Å². The van der Waals surface area contributed by atoms with E-state index in [1.54, 1.807) is 123 Å². The molecule has 5 aliphatic heterocycles. The Kier molecular flexibility index (Phi) is 20.9. The van der Waals surface area contributed by atoms with Crippen LogP contribution in [0.5, 0.6) is 23.0 Å². The Balaban J connectivity index is 0.000000142. The number of aromatic hydroxyl groups is 1. The van der Waals surface area contributed by atoms with Crippen LogP contribution in [0.2, 0.25) is 0 Å². The fourth-order valence-corrected chi connectivity index (χ4v) is 14.2. The summed E-state index contributed by atoms with van der Waals surface area (Å²) in [6.07, 6.45) is 4.00. The zero-order chi connectivity index (χ0) is 75.6. The molecule has 550 valence electrons. The van der Waals surface area contributed by atoms with Gasteiger partial charge in [-0.15, -0.1) is 0 Å². The van der Waals surface area contributed by atoms with Gasteiger partial charge in [0.05, 0.1) is 52.9 Å². The van der Waals surface area contributed by atoms with Crippen LogP contribution in [0.1, 0.15) is 64.5 Å². The number of benzene rings is 7. The van der Waals surface area contributed by atoms with E-state index < -0.39 is 11.0 Å². The smallest absolute Gasteiger partial charge is 0.419 e. The highest BCUT2D eigenvalue weighted by molar-refractivity contribution is 6.17. The summed E-state index contributed by atoms with van der Waals surface area (Å²) >= 11 is 0. The van der Waals surface area contributed by atoms with Crippen molar-refractivity contribution in [3.05, 3.63) is 230 Å². The molecule has 2 saturated heterocycles. The van der Waals surface area contributed by atoms with Gasteiger partial charge in [0, 0.05) is 176 Å². The Morgan fingerprint density at radius 2 is 0.822 bits per heavy atom. The first-order valence-electron chi connectivity index (χ1n) is 34.3. The van der Waals surface area contributed by atoms with Crippen molar-refractivity contribution < 1.29 is 66.2 Å². The van der Waals surface area contributed by atoms with Crippen molar-refractivity contribution in [2.45, 2.75) is 39.3 Å². The number of fused-ring (bicyclic) bond motifs is 6. The number of phenols is 1. The molecular formula is C78H75F3N14O12. The third-order valence-corrected chi connectivity index (χ3v) is 19.8. The number of nitro benzene ring substituents is 1. The quantitative estimate of drug-likeness (QED) is 0.0830. The van der Waals surface area contributed by atoms with E-state index in [9.17, 15) is 57.2 Å². The number of hydrogen-bond donors (Lipinski definition) is 1. The summed E-state index contributed by atoms with van der Waals surface area (Å²) in [4.78, 5) is 122. The lowest BCUT2D eigenvalue weighted by atomic mass is 10.0. The van der Waals surface area contributed by atoms with Crippen molar-refractivity contribution in [1.29, 1.82) is 0 Å². The van der Waals surface area contributed by atoms with Crippen molar-refractivity contribution in [2.24, 2.45) is 0 Å². The van der Waals surface area contributed by atoms with Crippen molar-refractivity contribution in [2.75, 3.05) is 117 Å². The van der Waals surface area contributed by atoms with Gasteiger partial charge < -0.3 is 53.6 Å². The molecule has 5 aliphatic rings. The summed E-state index contributed by atoms with van der Waals surface area (Å²) in [5.74, 6) is -1.26. The number of phenolic OH excluding ortho intramolecular Hbond substituents is 1. The first-order chi connectivity index (χ1) is 51.5.